The second-order valence-electron chi connectivity index (χ2n) is 8.87. The fourth-order valence-corrected chi connectivity index (χ4v) is 5.51. The molecule has 0 aliphatic carbocycles. The lowest BCUT2D eigenvalue weighted by molar-refractivity contribution is -0.295. The summed E-state index contributed by atoms with van der Waals surface area (Å²) in [6.45, 7) is 1.04. The van der Waals surface area contributed by atoms with Gasteiger partial charge >= 0.3 is 5.97 Å². The standard InChI is InChI=1S/C24H28N2O10S/c1-11(27)26-18-14(28)8-24(33,23(32)34-2)36-20(18)19(30)15(29)9-25-22(31)17-7-12-10-35-16-6-4-3-5-13(16)21(12)37-17/h3-7,14-15,18-20,28-30,33H,8-10H2,1-2H3,(H,25,31)(H,26,27)/t14-,15?,18?,19?,20?,24-/m1/s1. The number of hydrogen-bond donors (Lipinski definition) is 6. The van der Waals surface area contributed by atoms with Gasteiger partial charge in [-0.3, -0.25) is 9.59 Å². The maximum absolute atomic E-state index is 12.8. The van der Waals surface area contributed by atoms with E-state index < -0.39 is 67.0 Å². The monoisotopic (exact) mass is 536 g/mol. The Labute approximate surface area is 215 Å². The molecule has 12 nitrogen and oxygen atoms in total. The van der Waals surface area contributed by atoms with Gasteiger partial charge in [-0.25, -0.2) is 4.79 Å². The number of methoxy groups -OCH3 is 1. The van der Waals surface area contributed by atoms with Gasteiger partial charge < -0.3 is 45.3 Å². The number of rotatable bonds is 7. The van der Waals surface area contributed by atoms with Crippen LogP contribution in [0, 0.1) is 0 Å². The second-order valence-corrected chi connectivity index (χ2v) is 9.93. The van der Waals surface area contributed by atoms with Gasteiger partial charge in [0.25, 0.3) is 11.7 Å². The van der Waals surface area contributed by atoms with E-state index in [1.54, 1.807) is 6.07 Å². The highest BCUT2D eigenvalue weighted by Gasteiger charge is 2.54. The van der Waals surface area contributed by atoms with Crippen molar-refractivity contribution in [2.75, 3.05) is 13.7 Å². The fraction of sp³-hybridized carbons (Fsp3) is 0.458. The summed E-state index contributed by atoms with van der Waals surface area (Å²) in [4.78, 5) is 37.7. The normalized spacial score (nSPS) is 26.1. The molecule has 0 radical (unpaired) electrons. The van der Waals surface area contributed by atoms with Crippen LogP contribution in [0.1, 0.15) is 28.6 Å². The topological polar surface area (TPSA) is 184 Å². The van der Waals surface area contributed by atoms with E-state index in [2.05, 4.69) is 15.4 Å². The first-order valence-corrected chi connectivity index (χ1v) is 12.3. The molecule has 1 saturated heterocycles. The van der Waals surface area contributed by atoms with Crippen molar-refractivity contribution >= 4 is 29.1 Å². The highest BCUT2D eigenvalue weighted by molar-refractivity contribution is 7.17. The molecule has 2 aromatic rings. The van der Waals surface area contributed by atoms with Crippen LogP contribution in [0.4, 0.5) is 0 Å². The Bertz CT molecular complexity index is 1190. The van der Waals surface area contributed by atoms with E-state index in [0.717, 1.165) is 35.8 Å². The predicted molar refractivity (Wildman–Crippen MR) is 129 cm³/mol. The summed E-state index contributed by atoms with van der Waals surface area (Å²) in [5.74, 6) is -4.20. The summed E-state index contributed by atoms with van der Waals surface area (Å²) in [5.41, 5.74) is 1.72. The smallest absolute Gasteiger partial charge is 0.366 e. The number of amides is 2. The van der Waals surface area contributed by atoms with Crippen LogP contribution in [0.15, 0.2) is 30.3 Å². The Morgan fingerprint density at radius 2 is 2.00 bits per heavy atom. The van der Waals surface area contributed by atoms with Crippen LogP contribution < -0.4 is 15.4 Å². The zero-order valence-corrected chi connectivity index (χ0v) is 20.9. The fourth-order valence-electron chi connectivity index (χ4n) is 4.40. The van der Waals surface area contributed by atoms with Gasteiger partial charge in [0.1, 0.15) is 24.6 Å². The van der Waals surface area contributed by atoms with Crippen LogP contribution in [-0.2, 0) is 25.7 Å². The number of fused-ring (bicyclic) bond motifs is 3. The SMILES string of the molecule is COC(=O)[C@@]1(O)C[C@@H](O)C(NC(C)=O)C(C(O)C(O)CNC(=O)c2cc3c(s2)-c2ccccc2OC3)O1. The van der Waals surface area contributed by atoms with Crippen molar-refractivity contribution in [3.63, 3.8) is 0 Å². The van der Waals surface area contributed by atoms with Crippen LogP contribution in [0.5, 0.6) is 5.75 Å². The lowest BCUT2D eigenvalue weighted by Crippen LogP contribution is -2.67. The lowest BCUT2D eigenvalue weighted by atomic mass is 9.88. The minimum Gasteiger partial charge on any atom is -0.488 e. The summed E-state index contributed by atoms with van der Waals surface area (Å²) < 4.78 is 15.6. The van der Waals surface area contributed by atoms with Crippen molar-refractivity contribution in [1.29, 1.82) is 0 Å². The van der Waals surface area contributed by atoms with Crippen molar-refractivity contribution in [3.8, 4) is 16.2 Å². The van der Waals surface area contributed by atoms with Crippen molar-refractivity contribution in [2.45, 2.75) is 56.2 Å². The molecular formula is C24H28N2O10S. The van der Waals surface area contributed by atoms with Crippen LogP contribution in [0.2, 0.25) is 0 Å². The maximum Gasteiger partial charge on any atom is 0.366 e. The molecule has 2 amide bonds. The summed E-state index contributed by atoms with van der Waals surface area (Å²) in [7, 11) is 0.999. The molecule has 2 aliphatic rings. The average molecular weight is 537 g/mol. The number of carbonyl (C=O) groups excluding carboxylic acids is 3. The number of benzene rings is 1. The number of aliphatic hydroxyl groups excluding tert-OH is 3. The third-order valence-corrected chi connectivity index (χ3v) is 7.42. The number of ether oxygens (including phenoxy) is 3. The van der Waals surface area contributed by atoms with Crippen LogP contribution in [-0.4, -0.2) is 88.1 Å². The molecule has 3 heterocycles. The number of hydrogen-bond acceptors (Lipinski definition) is 11. The average Bonchev–Trinajstić information content (AvgIpc) is 3.32. The van der Waals surface area contributed by atoms with Gasteiger partial charge in [-0.05, 0) is 18.2 Å². The summed E-state index contributed by atoms with van der Waals surface area (Å²) in [6, 6.07) is 7.88. The number of esters is 1. The molecule has 1 fully saturated rings. The minimum absolute atomic E-state index is 0.312. The van der Waals surface area contributed by atoms with Gasteiger partial charge in [0.2, 0.25) is 5.91 Å². The van der Waals surface area contributed by atoms with E-state index in [1.165, 1.54) is 11.3 Å². The number of nitrogens with one attached hydrogen (secondary N) is 2. The Hall–Kier alpha value is -3.07. The van der Waals surface area contributed by atoms with Gasteiger partial charge in [-0.2, -0.15) is 0 Å². The van der Waals surface area contributed by atoms with E-state index in [-0.39, 0.29) is 0 Å². The van der Waals surface area contributed by atoms with E-state index in [0.29, 0.717) is 11.5 Å². The molecule has 0 spiro atoms. The zero-order chi connectivity index (χ0) is 26.9. The van der Waals surface area contributed by atoms with Crippen molar-refractivity contribution in [1.82, 2.24) is 10.6 Å². The van der Waals surface area contributed by atoms with Gasteiger partial charge in [0.15, 0.2) is 0 Å². The molecule has 2 aliphatic heterocycles. The molecule has 37 heavy (non-hydrogen) atoms. The molecule has 6 atom stereocenters. The lowest BCUT2D eigenvalue weighted by Gasteiger charge is -2.45. The predicted octanol–water partition coefficient (Wildman–Crippen LogP) is -0.725. The van der Waals surface area contributed by atoms with E-state index >= 15 is 0 Å². The van der Waals surface area contributed by atoms with Crippen LogP contribution >= 0.6 is 11.3 Å². The number of para-hydroxylation sites is 1. The highest BCUT2D eigenvalue weighted by Crippen LogP contribution is 2.42. The van der Waals surface area contributed by atoms with Gasteiger partial charge in [0, 0.05) is 35.9 Å². The molecule has 200 valence electrons. The number of carbonyl (C=O) groups is 3. The first kappa shape index (κ1) is 27.0. The molecule has 1 aromatic carbocycles. The molecule has 0 bridgehead atoms. The first-order chi connectivity index (χ1) is 17.5. The quantitative estimate of drug-likeness (QED) is 0.247. The van der Waals surface area contributed by atoms with Crippen molar-refractivity contribution in [2.24, 2.45) is 0 Å². The Kier molecular flexibility index (Phi) is 7.83. The Morgan fingerprint density at radius 3 is 2.70 bits per heavy atom. The van der Waals surface area contributed by atoms with Gasteiger partial charge in [-0.15, -0.1) is 11.3 Å². The largest absolute Gasteiger partial charge is 0.488 e. The summed E-state index contributed by atoms with van der Waals surface area (Å²) in [5, 5.41) is 47.3. The molecule has 0 saturated carbocycles. The van der Waals surface area contributed by atoms with Gasteiger partial charge in [0.05, 0.1) is 30.2 Å². The number of aliphatic hydroxyl groups is 4. The Balaban J connectivity index is 1.45. The maximum atomic E-state index is 12.8. The molecule has 6 N–H and O–H groups in total. The van der Waals surface area contributed by atoms with Gasteiger partial charge in [-0.1, -0.05) is 12.1 Å². The number of thiophene rings is 1. The summed E-state index contributed by atoms with van der Waals surface area (Å²) in [6.07, 6.45) is -7.27. The molecule has 1 aromatic heterocycles. The van der Waals surface area contributed by atoms with Crippen LogP contribution in [0.3, 0.4) is 0 Å². The molecule has 4 rings (SSSR count). The third kappa shape index (κ3) is 5.46. The minimum atomic E-state index is -2.62. The molecular weight excluding hydrogens is 508 g/mol. The van der Waals surface area contributed by atoms with E-state index in [9.17, 15) is 34.8 Å². The Morgan fingerprint density at radius 1 is 1.27 bits per heavy atom. The van der Waals surface area contributed by atoms with Crippen molar-refractivity contribution < 1.29 is 49.0 Å². The highest BCUT2D eigenvalue weighted by atomic mass is 32.1. The van der Waals surface area contributed by atoms with E-state index in [4.69, 9.17) is 9.47 Å². The molecule has 13 heteroatoms. The molecule has 4 unspecified atom stereocenters. The van der Waals surface area contributed by atoms with Crippen LogP contribution in [0.25, 0.3) is 10.4 Å². The third-order valence-electron chi connectivity index (χ3n) is 6.21. The summed E-state index contributed by atoms with van der Waals surface area (Å²) >= 11 is 1.26. The zero-order valence-electron chi connectivity index (χ0n) is 20.0. The second kappa shape index (κ2) is 10.7. The first-order valence-electron chi connectivity index (χ1n) is 11.5. The van der Waals surface area contributed by atoms with E-state index in [1.807, 2.05) is 24.3 Å². The van der Waals surface area contributed by atoms with Crippen molar-refractivity contribution in [3.05, 3.63) is 40.8 Å².